The molecule has 0 saturated heterocycles. The number of halogens is 3. The average Bonchev–Trinajstić information content (AvgIpc) is 3.19. The van der Waals surface area contributed by atoms with E-state index in [0.29, 0.717) is 6.07 Å². The summed E-state index contributed by atoms with van der Waals surface area (Å²) in [5.74, 6) is -1.66. The Balaban J connectivity index is 2.16. The van der Waals surface area contributed by atoms with Gasteiger partial charge in [0.15, 0.2) is 6.61 Å². The maximum absolute atomic E-state index is 12.9. The van der Waals surface area contributed by atoms with E-state index in [9.17, 15) is 31.2 Å². The van der Waals surface area contributed by atoms with Crippen LogP contribution in [0, 0.1) is 5.92 Å². The molecule has 0 bridgehead atoms. The van der Waals surface area contributed by atoms with Crippen molar-refractivity contribution in [2.75, 3.05) is 6.61 Å². The van der Waals surface area contributed by atoms with Crippen molar-refractivity contribution in [2.24, 2.45) is 5.92 Å². The highest BCUT2D eigenvalue weighted by Gasteiger charge is 2.33. The smallest absolute Gasteiger partial charge is 0.416 e. The van der Waals surface area contributed by atoms with E-state index in [1.54, 1.807) is 19.9 Å². The minimum Gasteiger partial charge on any atom is -0.456 e. The molecule has 1 aromatic carbocycles. The first-order chi connectivity index (χ1) is 13.9. The van der Waals surface area contributed by atoms with E-state index in [1.807, 2.05) is 0 Å². The average molecular weight is 446 g/mol. The number of benzene rings is 1. The number of esters is 1. The van der Waals surface area contributed by atoms with Crippen LogP contribution >= 0.6 is 0 Å². The molecule has 0 unspecified atom stereocenters. The Labute approximate surface area is 171 Å². The first kappa shape index (κ1) is 23.6. The molecule has 0 fully saturated rings. The monoisotopic (exact) mass is 446 g/mol. The molecular weight excluding hydrogens is 425 g/mol. The maximum Gasteiger partial charge on any atom is 0.416 e. The fourth-order valence-electron chi connectivity index (χ4n) is 2.58. The lowest BCUT2D eigenvalue weighted by atomic mass is 10.1. The van der Waals surface area contributed by atoms with Crippen LogP contribution in [-0.4, -0.2) is 37.8 Å². The standard InChI is InChI=1S/C19H21F3N2O5S/c1-12(2)9-16(18(26)29-11-17(25)15-7-4-8-23-15)24-30(27,28)14-6-3-5-13(10-14)19(20,21)22/h3-8,10,12,16,23-24H,9,11H2,1-2H3/t16-/m0/s1. The molecule has 11 heteroatoms. The highest BCUT2D eigenvalue weighted by Crippen LogP contribution is 2.30. The number of ether oxygens (including phenoxy) is 1. The second kappa shape index (κ2) is 9.43. The van der Waals surface area contributed by atoms with E-state index < -0.39 is 51.1 Å². The molecule has 0 aliphatic heterocycles. The molecule has 2 N–H and O–H groups in total. The molecule has 0 amide bonds. The van der Waals surface area contributed by atoms with Gasteiger partial charge in [0.1, 0.15) is 6.04 Å². The number of aromatic nitrogens is 1. The van der Waals surface area contributed by atoms with Gasteiger partial charge in [0.2, 0.25) is 15.8 Å². The van der Waals surface area contributed by atoms with Crippen LogP contribution < -0.4 is 4.72 Å². The minimum atomic E-state index is -4.72. The van der Waals surface area contributed by atoms with Crippen molar-refractivity contribution in [1.29, 1.82) is 0 Å². The number of rotatable bonds is 9. The van der Waals surface area contributed by atoms with Gasteiger partial charge >= 0.3 is 12.1 Å². The van der Waals surface area contributed by atoms with Gasteiger partial charge in [0, 0.05) is 6.20 Å². The summed E-state index contributed by atoms with van der Waals surface area (Å²) in [5.41, 5.74) is -0.919. The number of aromatic amines is 1. The van der Waals surface area contributed by atoms with Crippen LogP contribution in [0.15, 0.2) is 47.5 Å². The second-order valence-corrected chi connectivity index (χ2v) is 8.66. The highest BCUT2D eigenvalue weighted by atomic mass is 32.2. The zero-order chi connectivity index (χ0) is 22.5. The second-order valence-electron chi connectivity index (χ2n) is 6.94. The zero-order valence-electron chi connectivity index (χ0n) is 16.2. The van der Waals surface area contributed by atoms with Gasteiger partial charge in [-0.3, -0.25) is 9.59 Å². The molecule has 2 rings (SSSR count). The van der Waals surface area contributed by atoms with Gasteiger partial charge in [-0.15, -0.1) is 0 Å². The molecular formula is C19H21F3N2O5S. The lowest BCUT2D eigenvalue weighted by Gasteiger charge is -2.19. The number of alkyl halides is 3. The van der Waals surface area contributed by atoms with E-state index >= 15 is 0 Å². The number of Topliss-reactive ketones (excluding diaryl/α,β-unsaturated/α-hetero) is 1. The predicted molar refractivity (Wildman–Crippen MR) is 101 cm³/mol. The van der Waals surface area contributed by atoms with Crippen LogP contribution in [-0.2, 0) is 25.7 Å². The molecule has 30 heavy (non-hydrogen) atoms. The first-order valence-corrected chi connectivity index (χ1v) is 10.4. The Kier molecular flexibility index (Phi) is 7.43. The quantitative estimate of drug-likeness (QED) is 0.455. The number of ketones is 1. The summed E-state index contributed by atoms with van der Waals surface area (Å²) in [6, 6.07) is 4.87. The third-order valence-corrected chi connectivity index (χ3v) is 5.47. The summed E-state index contributed by atoms with van der Waals surface area (Å²) in [6.45, 7) is 2.84. The van der Waals surface area contributed by atoms with E-state index in [1.165, 1.54) is 12.3 Å². The molecule has 0 aliphatic rings. The highest BCUT2D eigenvalue weighted by molar-refractivity contribution is 7.89. The molecule has 1 atom stereocenters. The summed E-state index contributed by atoms with van der Waals surface area (Å²) in [5, 5.41) is 0. The largest absolute Gasteiger partial charge is 0.456 e. The Morgan fingerprint density at radius 3 is 2.43 bits per heavy atom. The van der Waals surface area contributed by atoms with Crippen molar-refractivity contribution in [3.8, 4) is 0 Å². The van der Waals surface area contributed by atoms with E-state index in [2.05, 4.69) is 9.71 Å². The number of nitrogens with one attached hydrogen (secondary N) is 2. The SMILES string of the molecule is CC(C)C[C@H](NS(=O)(=O)c1cccc(C(F)(F)F)c1)C(=O)OCC(=O)c1ccc[nH]1. The molecule has 0 radical (unpaired) electrons. The molecule has 2 aromatic rings. The Bertz CT molecular complexity index is 986. The van der Waals surface area contributed by atoms with Crippen LogP contribution in [0.4, 0.5) is 13.2 Å². The Morgan fingerprint density at radius 1 is 1.17 bits per heavy atom. The van der Waals surface area contributed by atoms with Crippen molar-refractivity contribution in [1.82, 2.24) is 9.71 Å². The molecule has 0 aliphatic carbocycles. The van der Waals surface area contributed by atoms with Gasteiger partial charge in [-0.1, -0.05) is 19.9 Å². The van der Waals surface area contributed by atoms with Gasteiger partial charge < -0.3 is 9.72 Å². The van der Waals surface area contributed by atoms with Gasteiger partial charge in [0.05, 0.1) is 16.2 Å². The molecule has 0 spiro atoms. The summed E-state index contributed by atoms with van der Waals surface area (Å²) in [7, 11) is -4.46. The van der Waals surface area contributed by atoms with Crippen LogP contribution in [0.3, 0.4) is 0 Å². The lowest BCUT2D eigenvalue weighted by molar-refractivity contribution is -0.145. The van der Waals surface area contributed by atoms with E-state index in [4.69, 9.17) is 4.74 Å². The third-order valence-electron chi connectivity index (χ3n) is 4.00. The van der Waals surface area contributed by atoms with Crippen molar-refractivity contribution in [3.05, 3.63) is 53.9 Å². The summed E-state index contributed by atoms with van der Waals surface area (Å²) >= 11 is 0. The number of carbonyl (C=O) groups excluding carboxylic acids is 2. The number of hydrogen-bond donors (Lipinski definition) is 2. The van der Waals surface area contributed by atoms with Crippen LogP contribution in [0.2, 0.25) is 0 Å². The molecule has 1 heterocycles. The fraction of sp³-hybridized carbons (Fsp3) is 0.368. The first-order valence-electron chi connectivity index (χ1n) is 8.93. The Hall–Kier alpha value is -2.66. The summed E-state index contributed by atoms with van der Waals surface area (Å²) in [4.78, 5) is 26.4. The maximum atomic E-state index is 12.9. The van der Waals surface area contributed by atoms with Crippen LogP contribution in [0.5, 0.6) is 0 Å². The van der Waals surface area contributed by atoms with Crippen molar-refractivity contribution in [3.63, 3.8) is 0 Å². The molecule has 0 saturated carbocycles. The van der Waals surface area contributed by atoms with Gasteiger partial charge in [-0.2, -0.15) is 17.9 Å². The number of sulfonamides is 1. The summed E-state index contributed by atoms with van der Waals surface area (Å²) in [6.07, 6.45) is -3.19. The fourth-order valence-corrected chi connectivity index (χ4v) is 3.82. The van der Waals surface area contributed by atoms with E-state index in [-0.39, 0.29) is 18.0 Å². The van der Waals surface area contributed by atoms with E-state index in [0.717, 1.165) is 18.2 Å². The molecule has 164 valence electrons. The Morgan fingerprint density at radius 2 is 1.87 bits per heavy atom. The van der Waals surface area contributed by atoms with Crippen molar-refractivity contribution < 1.29 is 35.9 Å². The number of hydrogen-bond acceptors (Lipinski definition) is 5. The van der Waals surface area contributed by atoms with Crippen LogP contribution in [0.25, 0.3) is 0 Å². The number of H-pyrrole nitrogens is 1. The normalized spacial score (nSPS) is 13.3. The molecule has 1 aromatic heterocycles. The van der Waals surface area contributed by atoms with Crippen molar-refractivity contribution >= 4 is 21.8 Å². The van der Waals surface area contributed by atoms with Gasteiger partial charge in [-0.25, -0.2) is 8.42 Å². The van der Waals surface area contributed by atoms with Crippen LogP contribution in [0.1, 0.15) is 36.3 Å². The van der Waals surface area contributed by atoms with Gasteiger partial charge in [-0.05, 0) is 42.7 Å². The number of carbonyl (C=O) groups is 2. The van der Waals surface area contributed by atoms with Crippen molar-refractivity contribution in [2.45, 2.75) is 37.4 Å². The zero-order valence-corrected chi connectivity index (χ0v) is 17.0. The lowest BCUT2D eigenvalue weighted by Crippen LogP contribution is -2.43. The third kappa shape index (κ3) is 6.42. The van der Waals surface area contributed by atoms with Gasteiger partial charge in [0.25, 0.3) is 0 Å². The minimum absolute atomic E-state index is 0.0215. The molecule has 7 nitrogen and oxygen atoms in total. The summed E-state index contributed by atoms with van der Waals surface area (Å²) < 4.78 is 70.8. The predicted octanol–water partition coefficient (Wildman–Crippen LogP) is 3.15. The topological polar surface area (TPSA) is 105 Å².